The first kappa shape index (κ1) is 13.9. The molecule has 3 aliphatic rings. The molecule has 1 saturated carbocycles. The lowest BCUT2D eigenvalue weighted by Crippen LogP contribution is -2.54. The molecule has 0 aromatic heterocycles. The second kappa shape index (κ2) is 5.35. The summed E-state index contributed by atoms with van der Waals surface area (Å²) in [6.07, 6.45) is 7.13. The Morgan fingerprint density at radius 1 is 1.25 bits per heavy atom. The number of hydrogen-bond acceptors (Lipinski definition) is 3. The van der Waals surface area contributed by atoms with Crippen molar-refractivity contribution in [1.82, 2.24) is 10.2 Å². The van der Waals surface area contributed by atoms with Gasteiger partial charge in [-0.05, 0) is 38.0 Å². The topological polar surface area (TPSA) is 58.6 Å². The summed E-state index contributed by atoms with van der Waals surface area (Å²) in [6, 6.07) is -0.224. The average Bonchev–Trinajstić information content (AvgIpc) is 2.69. The number of hydrogen-bond donors (Lipinski definition) is 1. The molecule has 3 fully saturated rings. The Balaban J connectivity index is 1.72. The molecule has 5 nitrogen and oxygen atoms in total. The van der Waals surface area contributed by atoms with E-state index in [1.165, 1.54) is 4.90 Å². The summed E-state index contributed by atoms with van der Waals surface area (Å²) in [5.74, 6) is 0.203. The van der Waals surface area contributed by atoms with E-state index in [2.05, 4.69) is 12.2 Å². The van der Waals surface area contributed by atoms with Crippen LogP contribution in [0, 0.1) is 5.92 Å². The molecule has 112 valence electrons. The molecule has 3 amide bonds. The Morgan fingerprint density at radius 3 is 2.75 bits per heavy atom. The van der Waals surface area contributed by atoms with Crippen LogP contribution in [0.15, 0.2) is 0 Å². The van der Waals surface area contributed by atoms with Crippen LogP contribution in [-0.2, 0) is 9.53 Å². The van der Waals surface area contributed by atoms with Gasteiger partial charge in [0.05, 0.1) is 12.6 Å². The van der Waals surface area contributed by atoms with Gasteiger partial charge in [0.1, 0.15) is 5.54 Å². The molecule has 0 aromatic carbocycles. The van der Waals surface area contributed by atoms with Crippen LogP contribution in [0.5, 0.6) is 0 Å². The number of carbonyl (C=O) groups is 2. The van der Waals surface area contributed by atoms with Crippen LogP contribution in [0.1, 0.15) is 51.9 Å². The first-order chi connectivity index (χ1) is 9.63. The number of urea groups is 1. The van der Waals surface area contributed by atoms with Crippen LogP contribution < -0.4 is 5.32 Å². The molecule has 0 unspecified atom stereocenters. The monoisotopic (exact) mass is 280 g/mol. The third-order valence-corrected chi connectivity index (χ3v) is 5.16. The summed E-state index contributed by atoms with van der Waals surface area (Å²) >= 11 is 0. The molecular weight excluding hydrogens is 256 g/mol. The van der Waals surface area contributed by atoms with Gasteiger partial charge < -0.3 is 10.1 Å². The van der Waals surface area contributed by atoms with Gasteiger partial charge in [-0.25, -0.2) is 4.79 Å². The zero-order valence-corrected chi connectivity index (χ0v) is 12.2. The summed E-state index contributed by atoms with van der Waals surface area (Å²) in [5, 5.41) is 2.99. The van der Waals surface area contributed by atoms with E-state index in [4.69, 9.17) is 4.74 Å². The Morgan fingerprint density at radius 2 is 2.05 bits per heavy atom. The molecule has 3 atom stereocenters. The van der Waals surface area contributed by atoms with Crippen LogP contribution in [0.4, 0.5) is 4.79 Å². The van der Waals surface area contributed by atoms with E-state index in [1.54, 1.807) is 0 Å². The third-order valence-electron chi connectivity index (χ3n) is 5.16. The molecule has 2 heterocycles. The standard InChI is InChI=1S/C15H24N2O3/c1-11-6-2-4-8-15(11)13(18)17(14(19)16-15)10-12-7-3-5-9-20-12/h11-12H,2-10H2,1H3,(H,16,19)/t11-,12+,15-/m1/s1. The molecule has 0 radical (unpaired) electrons. The van der Waals surface area contributed by atoms with Crippen molar-refractivity contribution in [3.63, 3.8) is 0 Å². The molecule has 20 heavy (non-hydrogen) atoms. The fourth-order valence-electron chi connectivity index (χ4n) is 3.82. The van der Waals surface area contributed by atoms with Gasteiger partial charge in [0.25, 0.3) is 5.91 Å². The summed E-state index contributed by atoms with van der Waals surface area (Å²) in [5.41, 5.74) is -0.635. The van der Waals surface area contributed by atoms with E-state index in [0.717, 1.165) is 51.6 Å². The zero-order chi connectivity index (χ0) is 14.2. The molecule has 2 saturated heterocycles. The van der Waals surface area contributed by atoms with E-state index in [0.29, 0.717) is 6.54 Å². The zero-order valence-electron chi connectivity index (χ0n) is 12.2. The molecule has 1 aliphatic carbocycles. The summed E-state index contributed by atoms with van der Waals surface area (Å²) in [4.78, 5) is 26.4. The Kier molecular flexibility index (Phi) is 3.71. The highest BCUT2D eigenvalue weighted by atomic mass is 16.5. The quantitative estimate of drug-likeness (QED) is 0.788. The van der Waals surface area contributed by atoms with Crippen molar-refractivity contribution in [2.45, 2.75) is 63.5 Å². The normalized spacial score (nSPS) is 38.4. The van der Waals surface area contributed by atoms with Gasteiger partial charge in [-0.15, -0.1) is 0 Å². The SMILES string of the molecule is C[C@@H]1CCCC[C@@]12NC(=O)N(C[C@@H]1CCCCO1)C2=O. The number of rotatable bonds is 2. The summed E-state index contributed by atoms with van der Waals surface area (Å²) in [7, 11) is 0. The minimum atomic E-state index is -0.635. The number of imide groups is 1. The fraction of sp³-hybridized carbons (Fsp3) is 0.867. The lowest BCUT2D eigenvalue weighted by Gasteiger charge is -2.37. The van der Waals surface area contributed by atoms with Gasteiger partial charge in [0, 0.05) is 6.61 Å². The van der Waals surface area contributed by atoms with Gasteiger partial charge in [0.2, 0.25) is 0 Å². The number of ether oxygens (including phenoxy) is 1. The molecule has 3 rings (SSSR count). The van der Waals surface area contributed by atoms with Gasteiger partial charge in [0.15, 0.2) is 0 Å². The van der Waals surface area contributed by atoms with Crippen molar-refractivity contribution >= 4 is 11.9 Å². The molecule has 1 N–H and O–H groups in total. The first-order valence-electron chi connectivity index (χ1n) is 7.89. The minimum absolute atomic E-state index is 0.0208. The van der Waals surface area contributed by atoms with Crippen molar-refractivity contribution < 1.29 is 14.3 Å². The number of amides is 3. The van der Waals surface area contributed by atoms with E-state index in [9.17, 15) is 9.59 Å². The smallest absolute Gasteiger partial charge is 0.325 e. The fourth-order valence-corrected chi connectivity index (χ4v) is 3.82. The van der Waals surface area contributed by atoms with Crippen LogP contribution in [-0.4, -0.2) is 41.6 Å². The van der Waals surface area contributed by atoms with Crippen LogP contribution in [0.3, 0.4) is 0 Å². The molecule has 5 heteroatoms. The van der Waals surface area contributed by atoms with Crippen molar-refractivity contribution in [1.29, 1.82) is 0 Å². The third kappa shape index (κ3) is 2.22. The summed E-state index contributed by atoms with van der Waals surface area (Å²) < 4.78 is 5.67. The van der Waals surface area contributed by atoms with Crippen molar-refractivity contribution in [3.05, 3.63) is 0 Å². The summed E-state index contributed by atoms with van der Waals surface area (Å²) in [6.45, 7) is 3.24. The minimum Gasteiger partial charge on any atom is -0.376 e. The second-order valence-corrected chi connectivity index (χ2v) is 6.45. The van der Waals surface area contributed by atoms with E-state index < -0.39 is 5.54 Å². The maximum atomic E-state index is 12.8. The maximum Gasteiger partial charge on any atom is 0.325 e. The van der Waals surface area contributed by atoms with Gasteiger partial charge in [-0.3, -0.25) is 9.69 Å². The Hall–Kier alpha value is -1.10. The number of nitrogens with one attached hydrogen (secondary N) is 1. The van der Waals surface area contributed by atoms with Crippen LogP contribution in [0.25, 0.3) is 0 Å². The molecule has 2 aliphatic heterocycles. The lowest BCUT2D eigenvalue weighted by molar-refractivity contribution is -0.136. The van der Waals surface area contributed by atoms with E-state index in [-0.39, 0.29) is 24.0 Å². The average molecular weight is 280 g/mol. The number of carbonyl (C=O) groups excluding carboxylic acids is 2. The molecular formula is C15H24N2O3. The highest BCUT2D eigenvalue weighted by Gasteiger charge is 2.55. The van der Waals surface area contributed by atoms with E-state index in [1.807, 2.05) is 0 Å². The van der Waals surface area contributed by atoms with Crippen LogP contribution in [0.2, 0.25) is 0 Å². The van der Waals surface area contributed by atoms with Crippen molar-refractivity contribution in [2.75, 3.05) is 13.2 Å². The molecule has 1 spiro atoms. The highest BCUT2D eigenvalue weighted by molar-refractivity contribution is 6.07. The largest absolute Gasteiger partial charge is 0.376 e. The van der Waals surface area contributed by atoms with Crippen LogP contribution >= 0.6 is 0 Å². The van der Waals surface area contributed by atoms with Crippen molar-refractivity contribution in [3.8, 4) is 0 Å². The van der Waals surface area contributed by atoms with Gasteiger partial charge in [-0.2, -0.15) is 0 Å². The predicted octanol–water partition coefficient (Wildman–Crippen LogP) is 2.06. The Bertz CT molecular complexity index is 406. The van der Waals surface area contributed by atoms with Gasteiger partial charge >= 0.3 is 6.03 Å². The van der Waals surface area contributed by atoms with E-state index >= 15 is 0 Å². The molecule has 0 bridgehead atoms. The molecule has 0 aromatic rings. The first-order valence-corrected chi connectivity index (χ1v) is 7.89. The number of nitrogens with zero attached hydrogens (tertiary/aromatic N) is 1. The lowest BCUT2D eigenvalue weighted by atomic mass is 9.73. The Labute approximate surface area is 120 Å². The maximum absolute atomic E-state index is 12.8. The highest BCUT2D eigenvalue weighted by Crippen LogP contribution is 2.38. The second-order valence-electron chi connectivity index (χ2n) is 6.45. The van der Waals surface area contributed by atoms with Gasteiger partial charge in [-0.1, -0.05) is 19.8 Å². The predicted molar refractivity (Wildman–Crippen MR) is 74.2 cm³/mol. The van der Waals surface area contributed by atoms with Crippen molar-refractivity contribution in [2.24, 2.45) is 5.92 Å².